The summed E-state index contributed by atoms with van der Waals surface area (Å²) < 4.78 is 0. The van der Waals surface area contributed by atoms with Gasteiger partial charge >= 0.3 is 0 Å². The average Bonchev–Trinajstić information content (AvgIpc) is 2.17. The molecule has 0 rings (SSSR count). The van der Waals surface area contributed by atoms with E-state index in [1.54, 1.807) is 4.90 Å². The molecule has 3 heteroatoms. The molecule has 0 aliphatic heterocycles. The molecular weight excluding hydrogens is 176 g/mol. The molecule has 0 aromatic carbocycles. The molecule has 0 fully saturated rings. The minimum absolute atomic E-state index is 0.0497. The SMILES string of the molecule is CCN(CCC#N)C(=O)C(C)C(C)C. The molecule has 0 radical (unpaired) electrons. The van der Waals surface area contributed by atoms with Gasteiger partial charge in [0.25, 0.3) is 0 Å². The molecule has 80 valence electrons. The summed E-state index contributed by atoms with van der Waals surface area (Å²) >= 11 is 0. The van der Waals surface area contributed by atoms with E-state index in [1.807, 2.05) is 27.7 Å². The van der Waals surface area contributed by atoms with E-state index in [9.17, 15) is 4.79 Å². The van der Waals surface area contributed by atoms with Crippen LogP contribution in [0.3, 0.4) is 0 Å². The summed E-state index contributed by atoms with van der Waals surface area (Å²) in [7, 11) is 0. The molecule has 0 aliphatic carbocycles. The Bertz CT molecular complexity index is 218. The fourth-order valence-electron chi connectivity index (χ4n) is 1.18. The second kappa shape index (κ2) is 6.42. The predicted molar refractivity (Wildman–Crippen MR) is 56.5 cm³/mol. The van der Waals surface area contributed by atoms with Crippen molar-refractivity contribution in [3.8, 4) is 6.07 Å². The van der Waals surface area contributed by atoms with Crippen molar-refractivity contribution in [1.82, 2.24) is 4.90 Å². The molecule has 0 saturated heterocycles. The lowest BCUT2D eigenvalue weighted by molar-refractivity contribution is -0.136. The first kappa shape index (κ1) is 13.0. The molecule has 0 aromatic heterocycles. The van der Waals surface area contributed by atoms with E-state index in [1.165, 1.54) is 0 Å². The van der Waals surface area contributed by atoms with Crippen LogP contribution in [0.1, 0.15) is 34.1 Å². The van der Waals surface area contributed by atoms with Gasteiger partial charge in [-0.2, -0.15) is 5.26 Å². The summed E-state index contributed by atoms with van der Waals surface area (Å²) in [6.07, 6.45) is 0.421. The van der Waals surface area contributed by atoms with Crippen molar-refractivity contribution in [1.29, 1.82) is 5.26 Å². The predicted octanol–water partition coefficient (Wildman–Crippen LogP) is 2.04. The normalized spacial score (nSPS) is 12.3. The highest BCUT2D eigenvalue weighted by Gasteiger charge is 2.21. The van der Waals surface area contributed by atoms with Crippen molar-refractivity contribution in [3.63, 3.8) is 0 Å². The van der Waals surface area contributed by atoms with E-state index in [0.717, 1.165) is 0 Å². The van der Waals surface area contributed by atoms with E-state index in [-0.39, 0.29) is 11.8 Å². The van der Waals surface area contributed by atoms with Crippen molar-refractivity contribution in [2.75, 3.05) is 13.1 Å². The maximum atomic E-state index is 11.8. The highest BCUT2D eigenvalue weighted by atomic mass is 16.2. The van der Waals surface area contributed by atoms with E-state index >= 15 is 0 Å². The lowest BCUT2D eigenvalue weighted by atomic mass is 9.96. The highest BCUT2D eigenvalue weighted by molar-refractivity contribution is 5.78. The molecule has 3 nitrogen and oxygen atoms in total. The molecular formula is C11H20N2O. The topological polar surface area (TPSA) is 44.1 Å². The Morgan fingerprint density at radius 2 is 2.00 bits per heavy atom. The average molecular weight is 196 g/mol. The van der Waals surface area contributed by atoms with Crippen LogP contribution in [-0.4, -0.2) is 23.9 Å². The quantitative estimate of drug-likeness (QED) is 0.675. The molecule has 0 heterocycles. The minimum Gasteiger partial charge on any atom is -0.342 e. The Hall–Kier alpha value is -1.04. The third-order valence-corrected chi connectivity index (χ3v) is 2.58. The Labute approximate surface area is 86.7 Å². The van der Waals surface area contributed by atoms with Crippen LogP contribution in [0.5, 0.6) is 0 Å². The Kier molecular flexibility index (Phi) is 5.94. The Balaban J connectivity index is 4.24. The zero-order chi connectivity index (χ0) is 11.1. The minimum atomic E-state index is 0.0497. The van der Waals surface area contributed by atoms with Gasteiger partial charge in [0.05, 0.1) is 12.5 Å². The Morgan fingerprint density at radius 3 is 2.36 bits per heavy atom. The van der Waals surface area contributed by atoms with Gasteiger partial charge in [-0.05, 0) is 12.8 Å². The molecule has 0 N–H and O–H groups in total. The second-order valence-electron chi connectivity index (χ2n) is 3.86. The summed E-state index contributed by atoms with van der Waals surface area (Å²) in [5.41, 5.74) is 0. The van der Waals surface area contributed by atoms with Gasteiger partial charge in [0.2, 0.25) is 5.91 Å². The standard InChI is InChI=1S/C11H20N2O/c1-5-13(8-6-7-12)11(14)10(4)9(2)3/h9-10H,5-6,8H2,1-4H3. The summed E-state index contributed by atoms with van der Waals surface area (Å²) in [4.78, 5) is 13.6. The van der Waals surface area contributed by atoms with Crippen LogP contribution in [0.4, 0.5) is 0 Å². The van der Waals surface area contributed by atoms with Gasteiger partial charge in [-0.1, -0.05) is 20.8 Å². The van der Waals surface area contributed by atoms with Crippen molar-refractivity contribution in [2.45, 2.75) is 34.1 Å². The molecule has 1 unspecified atom stereocenters. The number of amides is 1. The van der Waals surface area contributed by atoms with Crippen molar-refractivity contribution in [2.24, 2.45) is 11.8 Å². The van der Waals surface area contributed by atoms with Crippen LogP contribution >= 0.6 is 0 Å². The van der Waals surface area contributed by atoms with Gasteiger partial charge in [-0.25, -0.2) is 0 Å². The van der Waals surface area contributed by atoms with Crippen molar-refractivity contribution < 1.29 is 4.79 Å². The van der Waals surface area contributed by atoms with Crippen LogP contribution in [0.2, 0.25) is 0 Å². The van der Waals surface area contributed by atoms with E-state index in [4.69, 9.17) is 5.26 Å². The summed E-state index contributed by atoms with van der Waals surface area (Å²) in [6.45, 7) is 9.23. The molecule has 1 amide bonds. The lowest BCUT2D eigenvalue weighted by Crippen LogP contribution is -2.37. The fourth-order valence-corrected chi connectivity index (χ4v) is 1.18. The maximum Gasteiger partial charge on any atom is 0.225 e. The first-order chi connectivity index (χ1) is 6.54. The van der Waals surface area contributed by atoms with Gasteiger partial charge in [0.15, 0.2) is 0 Å². The van der Waals surface area contributed by atoms with Crippen LogP contribution in [0.25, 0.3) is 0 Å². The zero-order valence-electron chi connectivity index (χ0n) is 9.58. The van der Waals surface area contributed by atoms with Crippen LogP contribution in [0, 0.1) is 23.2 Å². The molecule has 0 saturated carbocycles. The first-order valence-electron chi connectivity index (χ1n) is 5.20. The fraction of sp³-hybridized carbons (Fsp3) is 0.818. The molecule has 0 aromatic rings. The number of hydrogen-bond donors (Lipinski definition) is 0. The maximum absolute atomic E-state index is 11.8. The zero-order valence-corrected chi connectivity index (χ0v) is 9.58. The number of rotatable bonds is 5. The number of carbonyl (C=O) groups is 1. The second-order valence-corrected chi connectivity index (χ2v) is 3.86. The lowest BCUT2D eigenvalue weighted by Gasteiger charge is -2.25. The van der Waals surface area contributed by atoms with Gasteiger partial charge in [-0.3, -0.25) is 4.79 Å². The van der Waals surface area contributed by atoms with Gasteiger partial charge < -0.3 is 4.90 Å². The Morgan fingerprint density at radius 1 is 1.43 bits per heavy atom. The van der Waals surface area contributed by atoms with E-state index in [2.05, 4.69) is 6.07 Å². The van der Waals surface area contributed by atoms with Crippen LogP contribution in [-0.2, 0) is 4.79 Å². The van der Waals surface area contributed by atoms with Gasteiger partial charge in [0.1, 0.15) is 0 Å². The molecule has 0 spiro atoms. The number of carbonyl (C=O) groups excluding carboxylic acids is 1. The summed E-state index contributed by atoms with van der Waals surface area (Å²) in [6, 6.07) is 2.06. The van der Waals surface area contributed by atoms with E-state index < -0.39 is 0 Å². The number of nitriles is 1. The molecule has 0 bridgehead atoms. The van der Waals surface area contributed by atoms with Crippen LogP contribution in [0.15, 0.2) is 0 Å². The van der Waals surface area contributed by atoms with Gasteiger partial charge in [0, 0.05) is 19.0 Å². The molecule has 0 aliphatic rings. The van der Waals surface area contributed by atoms with Crippen molar-refractivity contribution >= 4 is 5.91 Å². The highest BCUT2D eigenvalue weighted by Crippen LogP contribution is 2.13. The summed E-state index contributed by atoms with van der Waals surface area (Å²) in [5, 5.41) is 8.45. The first-order valence-corrected chi connectivity index (χ1v) is 5.20. The smallest absolute Gasteiger partial charge is 0.225 e. The molecule has 1 atom stereocenters. The van der Waals surface area contributed by atoms with E-state index in [0.29, 0.717) is 25.4 Å². The number of nitrogens with zero attached hydrogens (tertiary/aromatic N) is 2. The van der Waals surface area contributed by atoms with Crippen molar-refractivity contribution in [3.05, 3.63) is 0 Å². The monoisotopic (exact) mass is 196 g/mol. The third-order valence-electron chi connectivity index (χ3n) is 2.58. The third kappa shape index (κ3) is 3.78. The number of hydrogen-bond acceptors (Lipinski definition) is 2. The summed E-state index contributed by atoms with van der Waals surface area (Å²) in [5.74, 6) is 0.574. The largest absolute Gasteiger partial charge is 0.342 e. The van der Waals surface area contributed by atoms with Crippen LogP contribution < -0.4 is 0 Å². The molecule has 14 heavy (non-hydrogen) atoms. The van der Waals surface area contributed by atoms with Gasteiger partial charge in [-0.15, -0.1) is 0 Å².